The van der Waals surface area contributed by atoms with E-state index in [2.05, 4.69) is 60.8 Å². The molecule has 0 aliphatic carbocycles. The van der Waals surface area contributed by atoms with Crippen LogP contribution in [0, 0.1) is 0 Å². The summed E-state index contributed by atoms with van der Waals surface area (Å²) < 4.78 is 5.14. The van der Waals surface area contributed by atoms with Gasteiger partial charge in [-0.3, -0.25) is 4.79 Å². The lowest BCUT2D eigenvalue weighted by Crippen LogP contribution is -2.33. The molecule has 0 aromatic heterocycles. The van der Waals surface area contributed by atoms with Gasteiger partial charge in [0.1, 0.15) is 0 Å². The summed E-state index contributed by atoms with van der Waals surface area (Å²) >= 11 is 0. The number of phenolic OH excluding ortho intramolecular Hbond substituents is 1. The Labute approximate surface area is 207 Å². The summed E-state index contributed by atoms with van der Waals surface area (Å²) in [5, 5.41) is 12.7. The number of hydrogen-bond donors (Lipinski definition) is 2. The molecule has 0 saturated heterocycles. The van der Waals surface area contributed by atoms with Crippen LogP contribution in [0.15, 0.2) is 66.8 Å². The fraction of sp³-hybridized carbons (Fsp3) is 0.500. The monoisotopic (exact) mass is 467 g/mol. The number of nitrogens with one attached hydrogen (secondary N) is 1. The molecule has 34 heavy (non-hydrogen) atoms. The Morgan fingerprint density at radius 3 is 2.12 bits per heavy atom. The fourth-order valence-electron chi connectivity index (χ4n) is 3.54. The van der Waals surface area contributed by atoms with Gasteiger partial charge < -0.3 is 15.2 Å². The zero-order valence-electron chi connectivity index (χ0n) is 21.5. The number of unbranched alkanes of at least 4 members (excludes halogenated alkanes) is 4. The molecular formula is C30H45NO3. The lowest BCUT2D eigenvalue weighted by Gasteiger charge is -2.15. The molecule has 0 aliphatic heterocycles. The molecule has 1 rings (SSSR count). The SMILES string of the molecule is CCCCC/C=C\C/C=C\C/C=C\C/C=C\CCCC(=O)NC(C)Cc1ccc(O)c(OC)c1. The second-order valence-corrected chi connectivity index (χ2v) is 8.66. The van der Waals surface area contributed by atoms with Gasteiger partial charge in [0, 0.05) is 12.5 Å². The first-order chi connectivity index (χ1) is 16.6. The van der Waals surface area contributed by atoms with Gasteiger partial charge in [-0.15, -0.1) is 0 Å². The minimum Gasteiger partial charge on any atom is -0.504 e. The maximum atomic E-state index is 12.2. The van der Waals surface area contributed by atoms with Crippen molar-refractivity contribution < 1.29 is 14.6 Å². The van der Waals surface area contributed by atoms with Crippen molar-refractivity contribution in [3.8, 4) is 11.5 Å². The number of phenols is 1. The van der Waals surface area contributed by atoms with Gasteiger partial charge in [-0.1, -0.05) is 74.4 Å². The predicted octanol–water partition coefficient (Wildman–Crippen LogP) is 7.59. The molecule has 0 heterocycles. The molecule has 1 unspecified atom stereocenters. The first kappa shape index (κ1) is 29.3. The van der Waals surface area contributed by atoms with Crippen molar-refractivity contribution in [1.82, 2.24) is 5.32 Å². The van der Waals surface area contributed by atoms with Crippen LogP contribution >= 0.6 is 0 Å². The number of hydrogen-bond acceptors (Lipinski definition) is 3. The van der Waals surface area contributed by atoms with E-state index in [4.69, 9.17) is 4.74 Å². The number of aromatic hydroxyl groups is 1. The third-order valence-corrected chi connectivity index (χ3v) is 5.43. The first-order valence-electron chi connectivity index (χ1n) is 12.8. The van der Waals surface area contributed by atoms with Crippen LogP contribution in [-0.4, -0.2) is 24.2 Å². The van der Waals surface area contributed by atoms with Crippen molar-refractivity contribution in [3.63, 3.8) is 0 Å². The van der Waals surface area contributed by atoms with Crippen LogP contribution in [0.3, 0.4) is 0 Å². The molecule has 4 nitrogen and oxygen atoms in total. The average Bonchev–Trinajstić information content (AvgIpc) is 2.82. The summed E-state index contributed by atoms with van der Waals surface area (Å²) in [6.07, 6.45) is 28.7. The number of carbonyl (C=O) groups is 1. The Bertz CT molecular complexity index is 792. The second-order valence-electron chi connectivity index (χ2n) is 8.66. The lowest BCUT2D eigenvalue weighted by atomic mass is 10.1. The van der Waals surface area contributed by atoms with Gasteiger partial charge in [-0.2, -0.15) is 0 Å². The van der Waals surface area contributed by atoms with Crippen LogP contribution in [0.5, 0.6) is 11.5 Å². The van der Waals surface area contributed by atoms with E-state index in [0.717, 1.165) is 37.7 Å². The van der Waals surface area contributed by atoms with Crippen LogP contribution in [0.2, 0.25) is 0 Å². The van der Waals surface area contributed by atoms with Crippen molar-refractivity contribution in [2.45, 2.75) is 90.5 Å². The number of methoxy groups -OCH3 is 1. The largest absolute Gasteiger partial charge is 0.504 e. The molecule has 0 saturated carbocycles. The van der Waals surface area contributed by atoms with E-state index in [1.807, 2.05) is 13.0 Å². The predicted molar refractivity (Wildman–Crippen MR) is 144 cm³/mol. The van der Waals surface area contributed by atoms with Crippen LogP contribution in [-0.2, 0) is 11.2 Å². The summed E-state index contributed by atoms with van der Waals surface area (Å²) in [4.78, 5) is 12.2. The van der Waals surface area contributed by atoms with Gasteiger partial charge in [0.2, 0.25) is 5.91 Å². The highest BCUT2D eigenvalue weighted by atomic mass is 16.5. The second kappa shape index (κ2) is 19.7. The fourth-order valence-corrected chi connectivity index (χ4v) is 3.54. The molecule has 1 aromatic carbocycles. The van der Waals surface area contributed by atoms with E-state index in [-0.39, 0.29) is 17.7 Å². The quantitative estimate of drug-likeness (QED) is 0.173. The highest BCUT2D eigenvalue weighted by molar-refractivity contribution is 5.76. The van der Waals surface area contributed by atoms with Gasteiger partial charge in [-0.25, -0.2) is 0 Å². The van der Waals surface area contributed by atoms with Crippen LogP contribution < -0.4 is 10.1 Å². The Balaban J connectivity index is 2.07. The number of benzene rings is 1. The lowest BCUT2D eigenvalue weighted by molar-refractivity contribution is -0.121. The molecule has 0 bridgehead atoms. The van der Waals surface area contributed by atoms with Crippen molar-refractivity contribution in [3.05, 3.63) is 72.4 Å². The standard InChI is InChI=1S/C30H45NO3/c1-4-5-6-7-8-9-10-11-12-13-14-15-16-17-18-19-20-21-30(33)31-26(2)24-27-22-23-28(32)29(25-27)34-3/h8-9,11-12,14-15,17-18,22-23,25-26,32H,4-7,10,13,16,19-21,24H2,1-3H3,(H,31,33)/b9-8-,12-11-,15-14-,18-17-. The van der Waals surface area contributed by atoms with Crippen molar-refractivity contribution in [1.29, 1.82) is 0 Å². The van der Waals surface area contributed by atoms with E-state index >= 15 is 0 Å². The van der Waals surface area contributed by atoms with Crippen LogP contribution in [0.25, 0.3) is 0 Å². The zero-order chi connectivity index (χ0) is 24.9. The molecular weight excluding hydrogens is 422 g/mol. The van der Waals surface area contributed by atoms with Crippen LogP contribution in [0.4, 0.5) is 0 Å². The highest BCUT2D eigenvalue weighted by Gasteiger charge is 2.10. The van der Waals surface area contributed by atoms with Gasteiger partial charge in [0.15, 0.2) is 11.5 Å². The summed E-state index contributed by atoms with van der Waals surface area (Å²) in [5.74, 6) is 0.656. The Morgan fingerprint density at radius 1 is 0.941 bits per heavy atom. The summed E-state index contributed by atoms with van der Waals surface area (Å²) in [5.41, 5.74) is 1.02. The third kappa shape index (κ3) is 15.2. The minimum absolute atomic E-state index is 0.0262. The minimum atomic E-state index is 0.0262. The molecule has 0 radical (unpaired) electrons. The van der Waals surface area contributed by atoms with Crippen molar-refractivity contribution in [2.24, 2.45) is 0 Å². The summed E-state index contributed by atoms with van der Waals surface area (Å²) in [6.45, 7) is 4.23. The molecule has 1 atom stereocenters. The molecule has 0 spiro atoms. The number of rotatable bonds is 18. The zero-order valence-corrected chi connectivity index (χ0v) is 21.5. The first-order valence-corrected chi connectivity index (χ1v) is 12.8. The Hall–Kier alpha value is -2.75. The summed E-state index contributed by atoms with van der Waals surface area (Å²) in [7, 11) is 1.53. The number of allylic oxidation sites excluding steroid dienone is 8. The van der Waals surface area contributed by atoms with Gasteiger partial charge in [-0.05, 0) is 76.0 Å². The topological polar surface area (TPSA) is 58.6 Å². The Morgan fingerprint density at radius 2 is 1.53 bits per heavy atom. The van der Waals surface area contributed by atoms with E-state index in [9.17, 15) is 9.90 Å². The van der Waals surface area contributed by atoms with E-state index in [1.54, 1.807) is 12.1 Å². The third-order valence-electron chi connectivity index (χ3n) is 5.43. The number of amides is 1. The molecule has 1 amide bonds. The normalized spacial score (nSPS) is 12.9. The van der Waals surface area contributed by atoms with E-state index in [0.29, 0.717) is 18.6 Å². The van der Waals surface area contributed by atoms with Gasteiger partial charge >= 0.3 is 0 Å². The Kier molecular flexibility index (Phi) is 17.0. The molecule has 188 valence electrons. The van der Waals surface area contributed by atoms with Gasteiger partial charge in [0.05, 0.1) is 7.11 Å². The molecule has 0 aliphatic rings. The van der Waals surface area contributed by atoms with Crippen molar-refractivity contribution in [2.75, 3.05) is 7.11 Å². The number of ether oxygens (including phenoxy) is 1. The highest BCUT2D eigenvalue weighted by Crippen LogP contribution is 2.26. The van der Waals surface area contributed by atoms with Gasteiger partial charge in [0.25, 0.3) is 0 Å². The molecule has 1 aromatic rings. The van der Waals surface area contributed by atoms with E-state index in [1.165, 1.54) is 32.8 Å². The summed E-state index contributed by atoms with van der Waals surface area (Å²) in [6, 6.07) is 5.30. The maximum Gasteiger partial charge on any atom is 0.220 e. The molecule has 0 fully saturated rings. The van der Waals surface area contributed by atoms with Crippen LogP contribution in [0.1, 0.15) is 83.6 Å². The van der Waals surface area contributed by atoms with E-state index < -0.39 is 0 Å². The average molecular weight is 468 g/mol. The van der Waals surface area contributed by atoms with Crippen molar-refractivity contribution >= 4 is 5.91 Å². The molecule has 2 N–H and O–H groups in total. The maximum absolute atomic E-state index is 12.2. The smallest absolute Gasteiger partial charge is 0.220 e. The number of carbonyl (C=O) groups excluding carboxylic acids is 1. The molecule has 4 heteroatoms.